The fourth-order valence-corrected chi connectivity index (χ4v) is 3.23. The lowest BCUT2D eigenvalue weighted by Crippen LogP contribution is -2.36. The molecule has 0 spiro atoms. The number of amides is 1. The van der Waals surface area contributed by atoms with Gasteiger partial charge in [-0.05, 0) is 18.2 Å². The van der Waals surface area contributed by atoms with Crippen LogP contribution in [0.15, 0.2) is 30.3 Å². The molecule has 1 heterocycles. The molecule has 0 radical (unpaired) electrons. The number of morpholine rings is 1. The van der Waals surface area contributed by atoms with Gasteiger partial charge in [-0.1, -0.05) is 0 Å². The minimum Gasteiger partial charge on any atom is -0.493 e. The number of ether oxygens (including phenoxy) is 4. The molecule has 0 atom stereocenters. The van der Waals surface area contributed by atoms with Gasteiger partial charge in [-0.2, -0.15) is 0 Å². The number of nitro groups is 1. The number of benzene rings is 2. The van der Waals surface area contributed by atoms with Crippen LogP contribution in [0.2, 0.25) is 0 Å². The summed E-state index contributed by atoms with van der Waals surface area (Å²) in [5.41, 5.74) is -0.153. The van der Waals surface area contributed by atoms with Crippen LogP contribution in [0, 0.1) is 15.9 Å². The summed E-state index contributed by atoms with van der Waals surface area (Å²) in [5.74, 6) is -1.05. The molecule has 1 aliphatic heterocycles. The summed E-state index contributed by atoms with van der Waals surface area (Å²) in [7, 11) is 2.85. The van der Waals surface area contributed by atoms with Crippen molar-refractivity contribution < 1.29 is 33.1 Å². The minimum absolute atomic E-state index is 0.105. The van der Waals surface area contributed by atoms with Crippen molar-refractivity contribution in [2.24, 2.45) is 0 Å². The van der Waals surface area contributed by atoms with Crippen LogP contribution in [0.25, 0.3) is 0 Å². The highest BCUT2D eigenvalue weighted by molar-refractivity contribution is 6.07. The predicted molar refractivity (Wildman–Crippen MR) is 114 cm³/mol. The van der Waals surface area contributed by atoms with Crippen LogP contribution in [0.4, 0.5) is 21.5 Å². The second-order valence-corrected chi connectivity index (χ2v) is 6.84. The summed E-state index contributed by atoms with van der Waals surface area (Å²) in [5, 5.41) is 14.1. The maximum Gasteiger partial charge on any atom is 0.286 e. The maximum absolute atomic E-state index is 14.6. The van der Waals surface area contributed by atoms with Crippen LogP contribution < -0.4 is 19.7 Å². The number of nitrogens with zero attached hydrogens (tertiary/aromatic N) is 2. The molecule has 0 saturated carbocycles. The third-order valence-corrected chi connectivity index (χ3v) is 4.83. The predicted octanol–water partition coefficient (Wildman–Crippen LogP) is 2.86. The Hall–Kier alpha value is -3.44. The number of hydrogen-bond donors (Lipinski definition) is 1. The van der Waals surface area contributed by atoms with Crippen LogP contribution in [-0.4, -0.2) is 64.6 Å². The Labute approximate surface area is 184 Å². The zero-order valence-corrected chi connectivity index (χ0v) is 17.8. The number of anilines is 2. The first-order chi connectivity index (χ1) is 15.4. The molecular formula is C21H24FN3O7. The molecule has 10 nitrogen and oxygen atoms in total. The molecule has 1 fully saturated rings. The normalized spacial score (nSPS) is 13.5. The van der Waals surface area contributed by atoms with Crippen LogP contribution in [0.5, 0.6) is 11.5 Å². The van der Waals surface area contributed by atoms with Gasteiger partial charge in [0, 0.05) is 32.0 Å². The van der Waals surface area contributed by atoms with Crippen LogP contribution in [0.3, 0.4) is 0 Å². The first-order valence-corrected chi connectivity index (χ1v) is 9.86. The standard InChI is InChI=1S/C21H24FN3O7/c1-29-9-10-32-20-13-18(25(27)28)15(12-19(20)30-2)21(26)23-14-3-4-17(16(22)11-14)24-5-7-31-8-6-24/h3-4,11-13H,5-10H2,1-2H3,(H,23,26). The van der Waals surface area contributed by atoms with Crippen molar-refractivity contribution >= 4 is 23.0 Å². The van der Waals surface area contributed by atoms with E-state index in [9.17, 15) is 19.3 Å². The van der Waals surface area contributed by atoms with E-state index >= 15 is 0 Å². The molecule has 1 saturated heterocycles. The van der Waals surface area contributed by atoms with Gasteiger partial charge in [-0.3, -0.25) is 14.9 Å². The van der Waals surface area contributed by atoms with Crippen LogP contribution in [-0.2, 0) is 9.47 Å². The van der Waals surface area contributed by atoms with Crippen molar-refractivity contribution in [1.82, 2.24) is 0 Å². The largest absolute Gasteiger partial charge is 0.493 e. The van der Waals surface area contributed by atoms with Gasteiger partial charge in [0.15, 0.2) is 11.5 Å². The summed E-state index contributed by atoms with van der Waals surface area (Å²) in [6.07, 6.45) is 0. The number of nitrogens with one attached hydrogen (secondary N) is 1. The van der Waals surface area contributed by atoms with Gasteiger partial charge in [0.25, 0.3) is 11.6 Å². The minimum atomic E-state index is -0.781. The molecule has 1 amide bonds. The highest BCUT2D eigenvalue weighted by atomic mass is 19.1. The number of nitro benzene ring substituents is 1. The highest BCUT2D eigenvalue weighted by Gasteiger charge is 2.25. The first-order valence-electron chi connectivity index (χ1n) is 9.86. The molecule has 2 aromatic carbocycles. The van der Waals surface area contributed by atoms with Gasteiger partial charge in [0.05, 0.1) is 43.6 Å². The van der Waals surface area contributed by atoms with Gasteiger partial charge in [0.1, 0.15) is 18.0 Å². The van der Waals surface area contributed by atoms with Gasteiger partial charge in [-0.25, -0.2) is 4.39 Å². The monoisotopic (exact) mass is 449 g/mol. The van der Waals surface area contributed by atoms with E-state index in [0.717, 1.165) is 6.07 Å². The highest BCUT2D eigenvalue weighted by Crippen LogP contribution is 2.35. The van der Waals surface area contributed by atoms with E-state index in [1.54, 1.807) is 6.07 Å². The van der Waals surface area contributed by atoms with Crippen LogP contribution >= 0.6 is 0 Å². The van der Waals surface area contributed by atoms with E-state index in [4.69, 9.17) is 18.9 Å². The molecule has 1 aliphatic rings. The lowest BCUT2D eigenvalue weighted by molar-refractivity contribution is -0.385. The smallest absolute Gasteiger partial charge is 0.286 e. The van der Waals surface area contributed by atoms with Crippen molar-refractivity contribution in [2.45, 2.75) is 0 Å². The Balaban J connectivity index is 1.83. The second-order valence-electron chi connectivity index (χ2n) is 6.84. The van der Waals surface area contributed by atoms with Crippen molar-refractivity contribution in [2.75, 3.05) is 64.0 Å². The van der Waals surface area contributed by atoms with E-state index in [1.165, 1.54) is 32.4 Å². The van der Waals surface area contributed by atoms with E-state index in [2.05, 4.69) is 5.32 Å². The molecule has 0 unspecified atom stereocenters. The molecule has 2 aromatic rings. The van der Waals surface area contributed by atoms with Gasteiger partial charge < -0.3 is 29.2 Å². The van der Waals surface area contributed by atoms with Crippen molar-refractivity contribution in [3.8, 4) is 11.5 Å². The average molecular weight is 449 g/mol. The SMILES string of the molecule is COCCOc1cc([N+](=O)[O-])c(C(=O)Nc2ccc(N3CCOCC3)c(F)c2)cc1OC. The number of methoxy groups -OCH3 is 2. The molecule has 0 aromatic heterocycles. The number of rotatable bonds is 9. The van der Waals surface area contributed by atoms with Gasteiger partial charge in [0.2, 0.25) is 0 Å². The zero-order valence-electron chi connectivity index (χ0n) is 17.8. The van der Waals surface area contributed by atoms with Crippen LogP contribution in [0.1, 0.15) is 10.4 Å². The molecule has 1 N–H and O–H groups in total. The van der Waals surface area contributed by atoms with E-state index in [1.807, 2.05) is 4.90 Å². The second kappa shape index (κ2) is 10.7. The Bertz CT molecular complexity index is 980. The Kier molecular flexibility index (Phi) is 7.79. The first kappa shape index (κ1) is 23.2. The number of hydrogen-bond acceptors (Lipinski definition) is 8. The molecule has 32 heavy (non-hydrogen) atoms. The summed E-state index contributed by atoms with van der Waals surface area (Å²) in [6, 6.07) is 6.60. The fourth-order valence-electron chi connectivity index (χ4n) is 3.23. The topological polar surface area (TPSA) is 112 Å². The third-order valence-electron chi connectivity index (χ3n) is 4.83. The fraction of sp³-hybridized carbons (Fsp3) is 0.381. The lowest BCUT2D eigenvalue weighted by atomic mass is 10.1. The zero-order chi connectivity index (χ0) is 23.1. The Morgan fingerprint density at radius 1 is 1.19 bits per heavy atom. The number of carbonyl (C=O) groups is 1. The Morgan fingerprint density at radius 2 is 1.94 bits per heavy atom. The third kappa shape index (κ3) is 5.42. The van der Waals surface area contributed by atoms with Gasteiger partial charge >= 0.3 is 0 Å². The van der Waals surface area contributed by atoms with Crippen molar-refractivity contribution in [3.63, 3.8) is 0 Å². The molecule has 172 valence electrons. The summed E-state index contributed by atoms with van der Waals surface area (Å²) in [6.45, 7) is 2.56. The molecule has 0 bridgehead atoms. The van der Waals surface area contributed by atoms with E-state index in [0.29, 0.717) is 32.0 Å². The molecule has 11 heteroatoms. The molecule has 3 rings (SSSR count). The number of halogens is 1. The number of carbonyl (C=O) groups excluding carboxylic acids is 1. The Morgan fingerprint density at radius 3 is 2.56 bits per heavy atom. The van der Waals surface area contributed by atoms with Crippen molar-refractivity contribution in [3.05, 3.63) is 51.8 Å². The quantitative estimate of drug-likeness (QED) is 0.353. The lowest BCUT2D eigenvalue weighted by Gasteiger charge is -2.29. The molecular weight excluding hydrogens is 425 g/mol. The average Bonchev–Trinajstić information content (AvgIpc) is 2.79. The maximum atomic E-state index is 14.6. The van der Waals surface area contributed by atoms with E-state index in [-0.39, 0.29) is 36.0 Å². The summed E-state index contributed by atoms with van der Waals surface area (Å²) < 4.78 is 35.5. The van der Waals surface area contributed by atoms with Crippen molar-refractivity contribution in [1.29, 1.82) is 0 Å². The van der Waals surface area contributed by atoms with Gasteiger partial charge in [-0.15, -0.1) is 0 Å². The summed E-state index contributed by atoms with van der Waals surface area (Å²) in [4.78, 5) is 25.5. The van der Waals surface area contributed by atoms with E-state index < -0.39 is 22.3 Å². The molecule has 0 aliphatic carbocycles. The summed E-state index contributed by atoms with van der Waals surface area (Å²) >= 11 is 0.